The Bertz CT molecular complexity index is 974. The maximum absolute atomic E-state index is 12.7. The van der Waals surface area contributed by atoms with E-state index in [9.17, 15) is 4.79 Å². The molecule has 1 saturated heterocycles. The summed E-state index contributed by atoms with van der Waals surface area (Å²) in [6, 6.07) is 5.39. The van der Waals surface area contributed by atoms with E-state index in [1.165, 1.54) is 0 Å². The quantitative estimate of drug-likeness (QED) is 0.676. The molecule has 6 nitrogen and oxygen atoms in total. The lowest BCUT2D eigenvalue weighted by atomic mass is 10.0. The number of benzene rings is 1. The van der Waals surface area contributed by atoms with Crippen molar-refractivity contribution < 1.29 is 4.79 Å². The average molecular weight is 460 g/mol. The van der Waals surface area contributed by atoms with Crippen molar-refractivity contribution in [2.75, 3.05) is 25.0 Å². The first-order valence-electron chi connectivity index (χ1n) is 10.8. The largest absolute Gasteiger partial charge is 0.362 e. The number of hydrogen-bond donors (Lipinski definition) is 2. The van der Waals surface area contributed by atoms with Gasteiger partial charge >= 0.3 is 0 Å². The van der Waals surface area contributed by atoms with Gasteiger partial charge in [-0.2, -0.15) is 0 Å². The summed E-state index contributed by atoms with van der Waals surface area (Å²) in [5.41, 5.74) is 2.90. The van der Waals surface area contributed by atoms with E-state index < -0.39 is 0 Å². The molecule has 0 spiro atoms. The lowest BCUT2D eigenvalue weighted by molar-refractivity contribution is -0.133. The highest BCUT2D eigenvalue weighted by molar-refractivity contribution is 6.35. The highest BCUT2D eigenvalue weighted by Gasteiger charge is 2.27. The van der Waals surface area contributed by atoms with Gasteiger partial charge in [-0.15, -0.1) is 0 Å². The molecule has 2 N–H and O–H groups in total. The molecule has 1 aromatic carbocycles. The molecule has 2 aliphatic heterocycles. The zero-order valence-electron chi connectivity index (χ0n) is 17.6. The zero-order valence-corrected chi connectivity index (χ0v) is 19.1. The summed E-state index contributed by atoms with van der Waals surface area (Å²) in [6.07, 6.45) is 9.55. The van der Waals surface area contributed by atoms with E-state index in [4.69, 9.17) is 28.2 Å². The minimum absolute atomic E-state index is 0.0304. The van der Waals surface area contributed by atoms with E-state index in [0.29, 0.717) is 29.0 Å². The highest BCUT2D eigenvalue weighted by atomic mass is 35.5. The number of hydrogen-bond acceptors (Lipinski definition) is 5. The smallest absolute Gasteiger partial charge is 0.239 e. The lowest BCUT2D eigenvalue weighted by Gasteiger charge is -2.32. The molecule has 0 bridgehead atoms. The van der Waals surface area contributed by atoms with Crippen LogP contribution in [0.15, 0.2) is 36.7 Å². The first-order valence-corrected chi connectivity index (χ1v) is 11.5. The fraction of sp³-hybridized carbons (Fsp3) is 0.435. The molecule has 1 aromatic heterocycles. The second-order valence-corrected chi connectivity index (χ2v) is 8.93. The van der Waals surface area contributed by atoms with Gasteiger partial charge in [0.05, 0.1) is 30.2 Å². The van der Waals surface area contributed by atoms with Crippen LogP contribution in [0.2, 0.25) is 10.0 Å². The second-order valence-electron chi connectivity index (χ2n) is 8.09. The van der Waals surface area contributed by atoms with Crippen molar-refractivity contribution in [3.8, 4) is 0 Å². The van der Waals surface area contributed by atoms with Crippen molar-refractivity contribution in [1.82, 2.24) is 20.2 Å². The van der Waals surface area contributed by atoms with E-state index in [1.807, 2.05) is 24.0 Å². The number of nitrogens with one attached hydrogen (secondary N) is 2. The molecule has 2 aliphatic rings. The number of piperidine rings is 1. The topological polar surface area (TPSA) is 70.2 Å². The van der Waals surface area contributed by atoms with E-state index in [-0.39, 0.29) is 18.0 Å². The standard InChI is InChI=1S/C23H27Cl2N5O/c1-15(18-6-5-17(24)12-19(18)25)28-22-14-26-13-21(29-22)16-7-10-30(11-8-16)23(31)20-4-2-3-9-27-20/h5-7,12-15,20,27H,2-4,8-11H2,1H3,(H,28,29)/t15-,20-/m1/s1. The lowest BCUT2D eigenvalue weighted by Crippen LogP contribution is -2.49. The third kappa shape index (κ3) is 5.37. The van der Waals surface area contributed by atoms with E-state index in [2.05, 4.69) is 21.7 Å². The summed E-state index contributed by atoms with van der Waals surface area (Å²) in [4.78, 5) is 23.8. The van der Waals surface area contributed by atoms with Crippen LogP contribution in [0.25, 0.3) is 5.57 Å². The summed E-state index contributed by atoms with van der Waals surface area (Å²) < 4.78 is 0. The van der Waals surface area contributed by atoms with Gasteiger partial charge in [0, 0.05) is 23.1 Å². The van der Waals surface area contributed by atoms with Crippen LogP contribution in [0.1, 0.15) is 49.9 Å². The first-order chi connectivity index (χ1) is 15.0. The number of carbonyl (C=O) groups is 1. The predicted octanol–water partition coefficient (Wildman–Crippen LogP) is 4.71. The van der Waals surface area contributed by atoms with Crippen LogP contribution < -0.4 is 10.6 Å². The molecule has 0 radical (unpaired) electrons. The third-order valence-electron chi connectivity index (χ3n) is 5.89. The molecule has 0 saturated carbocycles. The van der Waals surface area contributed by atoms with Gasteiger partial charge in [-0.1, -0.05) is 41.8 Å². The normalized spacial score (nSPS) is 20.2. The Hall–Kier alpha value is -2.15. The first kappa shape index (κ1) is 22.1. The molecule has 4 rings (SSSR count). The number of rotatable bonds is 5. The summed E-state index contributed by atoms with van der Waals surface area (Å²) in [5, 5.41) is 7.94. The number of nitrogens with zero attached hydrogens (tertiary/aromatic N) is 3. The Balaban J connectivity index is 1.41. The van der Waals surface area contributed by atoms with Crippen molar-refractivity contribution in [2.24, 2.45) is 0 Å². The van der Waals surface area contributed by atoms with E-state index in [1.54, 1.807) is 18.5 Å². The number of halogens is 2. The van der Waals surface area contributed by atoms with Gasteiger partial charge in [0.1, 0.15) is 5.82 Å². The fourth-order valence-electron chi connectivity index (χ4n) is 4.13. The maximum atomic E-state index is 12.7. The SMILES string of the molecule is C[C@@H](Nc1cncc(C2=CCN(C(=O)[C@H]3CCCCN3)CC2)n1)c1ccc(Cl)cc1Cl. The molecule has 3 heterocycles. The molecule has 164 valence electrons. The van der Waals surface area contributed by atoms with Gasteiger partial charge < -0.3 is 15.5 Å². The number of carbonyl (C=O) groups excluding carboxylic acids is 1. The van der Waals surface area contributed by atoms with Crippen molar-refractivity contribution in [1.29, 1.82) is 0 Å². The monoisotopic (exact) mass is 459 g/mol. The summed E-state index contributed by atoms with van der Waals surface area (Å²) in [5.74, 6) is 0.895. The van der Waals surface area contributed by atoms with Crippen molar-refractivity contribution in [3.05, 3.63) is 58.0 Å². The minimum atomic E-state index is -0.0502. The van der Waals surface area contributed by atoms with Crippen molar-refractivity contribution in [2.45, 2.75) is 44.7 Å². The highest BCUT2D eigenvalue weighted by Crippen LogP contribution is 2.29. The van der Waals surface area contributed by atoms with Gasteiger partial charge in [-0.05, 0) is 56.0 Å². The second kappa shape index (κ2) is 9.98. The molecule has 0 aliphatic carbocycles. The number of aromatic nitrogens is 2. The molecule has 2 aromatic rings. The fourth-order valence-corrected chi connectivity index (χ4v) is 4.70. The zero-order chi connectivity index (χ0) is 21.8. The third-order valence-corrected chi connectivity index (χ3v) is 6.45. The van der Waals surface area contributed by atoms with Crippen LogP contribution in [0.4, 0.5) is 5.82 Å². The van der Waals surface area contributed by atoms with E-state index in [0.717, 1.165) is 49.1 Å². The molecule has 8 heteroatoms. The minimum Gasteiger partial charge on any atom is -0.362 e. The molecular formula is C23H27Cl2N5O. The maximum Gasteiger partial charge on any atom is 0.239 e. The van der Waals surface area contributed by atoms with Crippen LogP contribution in [0.5, 0.6) is 0 Å². The van der Waals surface area contributed by atoms with Gasteiger partial charge in [-0.25, -0.2) is 4.98 Å². The molecule has 31 heavy (non-hydrogen) atoms. The molecule has 1 fully saturated rings. The number of amides is 1. The van der Waals surface area contributed by atoms with Crippen LogP contribution in [-0.4, -0.2) is 46.5 Å². The molecular weight excluding hydrogens is 433 g/mol. The van der Waals surface area contributed by atoms with Crippen molar-refractivity contribution in [3.63, 3.8) is 0 Å². The summed E-state index contributed by atoms with van der Waals surface area (Å²) in [6.45, 7) is 4.27. The molecule has 1 amide bonds. The van der Waals surface area contributed by atoms with Crippen LogP contribution >= 0.6 is 23.2 Å². The van der Waals surface area contributed by atoms with Crippen LogP contribution in [0.3, 0.4) is 0 Å². The summed E-state index contributed by atoms with van der Waals surface area (Å²) in [7, 11) is 0. The van der Waals surface area contributed by atoms with Crippen LogP contribution in [-0.2, 0) is 4.79 Å². The van der Waals surface area contributed by atoms with Gasteiger partial charge in [-0.3, -0.25) is 9.78 Å². The Labute approximate surface area is 193 Å². The van der Waals surface area contributed by atoms with Gasteiger partial charge in [0.15, 0.2) is 0 Å². The average Bonchev–Trinajstić information content (AvgIpc) is 2.79. The van der Waals surface area contributed by atoms with Crippen LogP contribution in [0, 0.1) is 0 Å². The Morgan fingerprint density at radius 3 is 2.87 bits per heavy atom. The Morgan fingerprint density at radius 1 is 1.29 bits per heavy atom. The summed E-state index contributed by atoms with van der Waals surface area (Å²) >= 11 is 12.3. The predicted molar refractivity (Wildman–Crippen MR) is 125 cm³/mol. The van der Waals surface area contributed by atoms with Gasteiger partial charge in [0.2, 0.25) is 5.91 Å². The van der Waals surface area contributed by atoms with Gasteiger partial charge in [0.25, 0.3) is 0 Å². The Morgan fingerprint density at radius 2 is 2.16 bits per heavy atom. The molecule has 2 atom stereocenters. The number of anilines is 1. The van der Waals surface area contributed by atoms with Crippen molar-refractivity contribution >= 4 is 40.5 Å². The Kier molecular flexibility index (Phi) is 7.10. The molecule has 0 unspecified atom stereocenters. The van der Waals surface area contributed by atoms with E-state index >= 15 is 0 Å².